The molecule has 0 aliphatic carbocycles. The average Bonchev–Trinajstić information content (AvgIpc) is 2.63. The number of rotatable bonds is 8. The van der Waals surface area contributed by atoms with Crippen LogP contribution >= 0.6 is 0 Å². The summed E-state index contributed by atoms with van der Waals surface area (Å²) in [6.45, 7) is 3.84. The Hall–Kier alpha value is -2.96. The van der Waals surface area contributed by atoms with Gasteiger partial charge >= 0.3 is 5.97 Å². The van der Waals surface area contributed by atoms with Crippen LogP contribution in [0.5, 0.6) is 11.5 Å². The lowest BCUT2D eigenvalue weighted by atomic mass is 10.1. The molecule has 0 aliphatic rings. The maximum atomic E-state index is 13.2. The summed E-state index contributed by atoms with van der Waals surface area (Å²) < 4.78 is 41.8. The molecule has 0 fully saturated rings. The van der Waals surface area contributed by atoms with E-state index in [1.54, 1.807) is 13.0 Å². The fraction of sp³-hybridized carbons (Fsp3) is 0.263. The van der Waals surface area contributed by atoms with Crippen molar-refractivity contribution in [1.29, 1.82) is 0 Å². The third-order valence-corrected chi connectivity index (χ3v) is 3.36. The van der Waals surface area contributed by atoms with E-state index in [2.05, 4.69) is 0 Å². The molecule has 0 heterocycles. The number of benzene rings is 2. The predicted molar refractivity (Wildman–Crippen MR) is 89.8 cm³/mol. The summed E-state index contributed by atoms with van der Waals surface area (Å²) in [7, 11) is 0. The molecule has 5 nitrogen and oxygen atoms in total. The van der Waals surface area contributed by atoms with Gasteiger partial charge in [0.05, 0.1) is 18.8 Å². The molecule has 0 aliphatic heterocycles. The molecule has 0 saturated carbocycles. The van der Waals surface area contributed by atoms with Gasteiger partial charge in [0.2, 0.25) is 0 Å². The topological polar surface area (TPSA) is 61.8 Å². The number of ketones is 1. The Morgan fingerprint density at radius 1 is 0.846 bits per heavy atom. The SMILES string of the molecule is CCOc1ccc(C(=O)OCC(=O)c2ccc(F)c(F)c2)cc1OCC. The van der Waals surface area contributed by atoms with Gasteiger partial charge in [0, 0.05) is 5.56 Å². The number of carbonyl (C=O) groups is 2. The standard InChI is InChI=1S/C19H18F2O5/c1-3-24-17-8-6-13(10-18(17)25-4-2)19(23)26-11-16(22)12-5-7-14(20)15(21)9-12/h5-10H,3-4,11H2,1-2H3. The first-order valence-electron chi connectivity index (χ1n) is 8.01. The Morgan fingerprint density at radius 2 is 1.50 bits per heavy atom. The number of Topliss-reactive ketones (excluding diaryl/α,β-unsaturated/α-hetero) is 1. The Bertz CT molecular complexity index is 805. The zero-order chi connectivity index (χ0) is 19.1. The van der Waals surface area contributed by atoms with Crippen LogP contribution in [-0.2, 0) is 4.74 Å². The number of ether oxygens (including phenoxy) is 3. The van der Waals surface area contributed by atoms with Crippen molar-refractivity contribution in [3.05, 3.63) is 59.2 Å². The van der Waals surface area contributed by atoms with E-state index in [4.69, 9.17) is 14.2 Å². The molecule has 2 rings (SSSR count). The maximum Gasteiger partial charge on any atom is 0.338 e. The highest BCUT2D eigenvalue weighted by Crippen LogP contribution is 2.28. The monoisotopic (exact) mass is 364 g/mol. The minimum Gasteiger partial charge on any atom is -0.490 e. The zero-order valence-corrected chi connectivity index (χ0v) is 14.4. The van der Waals surface area contributed by atoms with Crippen molar-refractivity contribution < 1.29 is 32.6 Å². The summed E-state index contributed by atoms with van der Waals surface area (Å²) in [5, 5.41) is 0. The van der Waals surface area contributed by atoms with Crippen LogP contribution in [0, 0.1) is 11.6 Å². The molecule has 0 atom stereocenters. The Morgan fingerprint density at radius 3 is 2.15 bits per heavy atom. The molecule has 138 valence electrons. The minimum absolute atomic E-state index is 0.0848. The summed E-state index contributed by atoms with van der Waals surface area (Å²) in [6, 6.07) is 7.23. The van der Waals surface area contributed by atoms with Gasteiger partial charge in [-0.2, -0.15) is 0 Å². The van der Waals surface area contributed by atoms with E-state index in [0.29, 0.717) is 24.7 Å². The van der Waals surface area contributed by atoms with E-state index in [9.17, 15) is 18.4 Å². The number of hydrogen-bond acceptors (Lipinski definition) is 5. The average molecular weight is 364 g/mol. The molecule has 2 aromatic carbocycles. The third kappa shape index (κ3) is 4.78. The highest BCUT2D eigenvalue weighted by molar-refractivity contribution is 5.99. The molecule has 0 N–H and O–H groups in total. The van der Waals surface area contributed by atoms with Gasteiger partial charge in [0.25, 0.3) is 0 Å². The lowest BCUT2D eigenvalue weighted by Gasteiger charge is -2.12. The van der Waals surface area contributed by atoms with Crippen molar-refractivity contribution in [1.82, 2.24) is 0 Å². The molecule has 0 spiro atoms. The van der Waals surface area contributed by atoms with E-state index < -0.39 is 30.0 Å². The maximum absolute atomic E-state index is 13.2. The molecule has 0 bridgehead atoms. The zero-order valence-electron chi connectivity index (χ0n) is 14.4. The van der Waals surface area contributed by atoms with Crippen molar-refractivity contribution in [2.24, 2.45) is 0 Å². The van der Waals surface area contributed by atoms with E-state index >= 15 is 0 Å². The largest absolute Gasteiger partial charge is 0.490 e. The normalized spacial score (nSPS) is 10.3. The fourth-order valence-electron chi connectivity index (χ4n) is 2.15. The predicted octanol–water partition coefficient (Wildman–Crippen LogP) is 3.80. The van der Waals surface area contributed by atoms with E-state index in [-0.39, 0.29) is 11.1 Å². The fourth-order valence-corrected chi connectivity index (χ4v) is 2.15. The van der Waals surface area contributed by atoms with E-state index in [1.807, 2.05) is 6.92 Å². The van der Waals surface area contributed by atoms with Crippen molar-refractivity contribution in [2.45, 2.75) is 13.8 Å². The van der Waals surface area contributed by atoms with Crippen LogP contribution in [0.1, 0.15) is 34.6 Å². The first-order chi connectivity index (χ1) is 12.5. The quantitative estimate of drug-likeness (QED) is 0.527. The first kappa shape index (κ1) is 19.4. The number of carbonyl (C=O) groups excluding carboxylic acids is 2. The van der Waals surface area contributed by atoms with Gasteiger partial charge in [-0.1, -0.05) is 0 Å². The van der Waals surface area contributed by atoms with Crippen LogP contribution in [0.15, 0.2) is 36.4 Å². The Balaban J connectivity index is 2.05. The molecule has 26 heavy (non-hydrogen) atoms. The van der Waals surface area contributed by atoms with Crippen molar-refractivity contribution in [3.63, 3.8) is 0 Å². The number of halogens is 2. The number of esters is 1. The van der Waals surface area contributed by atoms with E-state index in [1.165, 1.54) is 12.1 Å². The first-order valence-corrected chi connectivity index (χ1v) is 8.01. The van der Waals surface area contributed by atoms with Crippen LogP contribution in [-0.4, -0.2) is 31.6 Å². The molecular formula is C19H18F2O5. The van der Waals surface area contributed by atoms with Gasteiger partial charge in [-0.3, -0.25) is 4.79 Å². The van der Waals surface area contributed by atoms with Gasteiger partial charge in [0.1, 0.15) is 0 Å². The molecule has 7 heteroatoms. The number of hydrogen-bond donors (Lipinski definition) is 0. The summed E-state index contributed by atoms with van der Waals surface area (Å²) in [6.07, 6.45) is 0. The Kier molecular flexibility index (Phi) is 6.66. The summed E-state index contributed by atoms with van der Waals surface area (Å²) in [5.74, 6) is -2.72. The molecule has 2 aromatic rings. The van der Waals surface area contributed by atoms with Crippen LogP contribution in [0.3, 0.4) is 0 Å². The van der Waals surface area contributed by atoms with Crippen LogP contribution < -0.4 is 9.47 Å². The molecule has 0 unspecified atom stereocenters. The van der Waals surface area contributed by atoms with Crippen molar-refractivity contribution in [3.8, 4) is 11.5 Å². The van der Waals surface area contributed by atoms with Gasteiger partial charge < -0.3 is 14.2 Å². The van der Waals surface area contributed by atoms with E-state index in [0.717, 1.165) is 18.2 Å². The summed E-state index contributed by atoms with van der Waals surface area (Å²) in [4.78, 5) is 24.1. The van der Waals surface area contributed by atoms with Gasteiger partial charge in [-0.05, 0) is 50.2 Å². The second-order valence-corrected chi connectivity index (χ2v) is 5.16. The highest BCUT2D eigenvalue weighted by atomic mass is 19.2. The van der Waals surface area contributed by atoms with Gasteiger partial charge in [-0.15, -0.1) is 0 Å². The second kappa shape index (κ2) is 8.94. The molecule has 0 amide bonds. The molecule has 0 radical (unpaired) electrons. The van der Waals surface area contributed by atoms with Gasteiger partial charge in [-0.25, -0.2) is 13.6 Å². The molecule has 0 saturated heterocycles. The van der Waals surface area contributed by atoms with Crippen LogP contribution in [0.2, 0.25) is 0 Å². The lowest BCUT2D eigenvalue weighted by Crippen LogP contribution is -2.15. The molecular weight excluding hydrogens is 346 g/mol. The highest BCUT2D eigenvalue weighted by Gasteiger charge is 2.16. The smallest absolute Gasteiger partial charge is 0.338 e. The third-order valence-electron chi connectivity index (χ3n) is 3.36. The Labute approximate surface area is 149 Å². The summed E-state index contributed by atoms with van der Waals surface area (Å²) >= 11 is 0. The summed E-state index contributed by atoms with van der Waals surface area (Å²) in [5.41, 5.74) is 0.0911. The van der Waals surface area contributed by atoms with Crippen LogP contribution in [0.4, 0.5) is 8.78 Å². The van der Waals surface area contributed by atoms with Crippen LogP contribution in [0.25, 0.3) is 0 Å². The van der Waals surface area contributed by atoms with Gasteiger partial charge in [0.15, 0.2) is 35.5 Å². The van der Waals surface area contributed by atoms with Crippen molar-refractivity contribution >= 4 is 11.8 Å². The molecule has 0 aromatic heterocycles. The van der Waals surface area contributed by atoms with Crippen molar-refractivity contribution in [2.75, 3.05) is 19.8 Å². The second-order valence-electron chi connectivity index (χ2n) is 5.16. The minimum atomic E-state index is -1.14. The lowest BCUT2D eigenvalue weighted by molar-refractivity contribution is 0.0474.